The van der Waals surface area contributed by atoms with Crippen LogP contribution >= 0.6 is 0 Å². The quantitative estimate of drug-likeness (QED) is 0.526. The van der Waals surface area contributed by atoms with Gasteiger partial charge in [-0.2, -0.15) is 0 Å². The Bertz CT molecular complexity index is 1210. The molecule has 0 bridgehead atoms. The summed E-state index contributed by atoms with van der Waals surface area (Å²) in [5.41, 5.74) is 3.49. The molecule has 31 heavy (non-hydrogen) atoms. The molecule has 0 fully saturated rings. The van der Waals surface area contributed by atoms with E-state index in [0.717, 1.165) is 17.4 Å². The second kappa shape index (κ2) is 9.44. The molecule has 0 unspecified atom stereocenters. The normalized spacial score (nSPS) is 10.9. The Labute approximate surface area is 181 Å². The lowest BCUT2D eigenvalue weighted by Gasteiger charge is -2.12. The monoisotopic (exact) mass is 437 g/mol. The summed E-state index contributed by atoms with van der Waals surface area (Å²) < 4.78 is 25.2. The molecule has 0 aromatic heterocycles. The van der Waals surface area contributed by atoms with Crippen LogP contribution in [-0.2, 0) is 16.6 Å². The largest absolute Gasteiger partial charge is 0.348 e. The van der Waals surface area contributed by atoms with Crippen LogP contribution in [0.25, 0.3) is 0 Å². The summed E-state index contributed by atoms with van der Waals surface area (Å²) in [7, 11) is -3.38. The van der Waals surface area contributed by atoms with Crippen LogP contribution in [-0.4, -0.2) is 26.5 Å². The number of amides is 2. The van der Waals surface area contributed by atoms with Gasteiger partial charge in [-0.15, -0.1) is 0 Å². The van der Waals surface area contributed by atoms with E-state index in [9.17, 15) is 18.0 Å². The summed E-state index contributed by atoms with van der Waals surface area (Å²) in [4.78, 5) is 25.0. The van der Waals surface area contributed by atoms with E-state index in [0.29, 0.717) is 22.5 Å². The molecule has 3 aromatic carbocycles. The van der Waals surface area contributed by atoms with E-state index in [-0.39, 0.29) is 18.4 Å². The summed E-state index contributed by atoms with van der Waals surface area (Å²) in [6.45, 7) is 2.07. The molecule has 2 amide bonds. The zero-order valence-corrected chi connectivity index (χ0v) is 18.0. The van der Waals surface area contributed by atoms with Gasteiger partial charge in [0.25, 0.3) is 11.8 Å². The molecule has 0 atom stereocenters. The number of carbonyl (C=O) groups excluding carboxylic acids is 2. The fourth-order valence-electron chi connectivity index (χ4n) is 2.93. The minimum absolute atomic E-state index is 0.220. The smallest absolute Gasteiger partial charge is 0.255 e. The van der Waals surface area contributed by atoms with E-state index in [1.54, 1.807) is 66.7 Å². The van der Waals surface area contributed by atoms with Crippen LogP contribution in [0.3, 0.4) is 0 Å². The van der Waals surface area contributed by atoms with Crippen molar-refractivity contribution in [1.29, 1.82) is 0 Å². The Hall–Kier alpha value is -3.65. The Balaban J connectivity index is 1.68. The number of rotatable bonds is 7. The maximum absolute atomic E-state index is 12.6. The van der Waals surface area contributed by atoms with Crippen molar-refractivity contribution in [3.05, 3.63) is 95.1 Å². The summed E-state index contributed by atoms with van der Waals surface area (Å²) >= 11 is 0. The second-order valence-corrected chi connectivity index (χ2v) is 8.86. The standard InChI is InChI=1S/C23H23N3O4S/c1-16-11-12-19(14-21(16)25-23(28)18-8-4-3-5-9-18)22(27)24-15-17-7-6-10-20(13-17)26-31(2,29)30/h3-14,26H,15H2,1-2H3,(H,24,27)(H,25,28). The average Bonchev–Trinajstić information content (AvgIpc) is 2.73. The highest BCUT2D eigenvalue weighted by atomic mass is 32.2. The van der Waals surface area contributed by atoms with Gasteiger partial charge in [-0.1, -0.05) is 36.4 Å². The van der Waals surface area contributed by atoms with Crippen molar-refractivity contribution in [2.75, 3.05) is 16.3 Å². The third-order valence-corrected chi connectivity index (χ3v) is 5.07. The van der Waals surface area contributed by atoms with Crippen molar-refractivity contribution in [3.8, 4) is 0 Å². The molecule has 8 heteroatoms. The van der Waals surface area contributed by atoms with Gasteiger partial charge in [0.2, 0.25) is 10.0 Å². The molecular formula is C23H23N3O4S. The molecule has 0 radical (unpaired) electrons. The van der Waals surface area contributed by atoms with Crippen molar-refractivity contribution in [3.63, 3.8) is 0 Å². The van der Waals surface area contributed by atoms with Gasteiger partial charge in [0.1, 0.15) is 0 Å². The molecule has 3 rings (SSSR count). The van der Waals surface area contributed by atoms with Crippen molar-refractivity contribution < 1.29 is 18.0 Å². The molecule has 3 N–H and O–H groups in total. The van der Waals surface area contributed by atoms with Gasteiger partial charge in [-0.3, -0.25) is 14.3 Å². The van der Waals surface area contributed by atoms with E-state index in [1.165, 1.54) is 0 Å². The molecule has 0 saturated carbocycles. The summed E-state index contributed by atoms with van der Waals surface area (Å²) in [6.07, 6.45) is 1.08. The fourth-order valence-corrected chi connectivity index (χ4v) is 3.48. The van der Waals surface area contributed by atoms with Crippen LogP contribution in [0.4, 0.5) is 11.4 Å². The minimum Gasteiger partial charge on any atom is -0.348 e. The predicted molar refractivity (Wildman–Crippen MR) is 122 cm³/mol. The third-order valence-electron chi connectivity index (χ3n) is 4.47. The number of hydrogen-bond donors (Lipinski definition) is 3. The zero-order valence-electron chi connectivity index (χ0n) is 17.2. The van der Waals surface area contributed by atoms with Gasteiger partial charge in [0.05, 0.1) is 6.26 Å². The summed E-state index contributed by atoms with van der Waals surface area (Å²) in [6, 6.07) is 20.7. The molecular weight excluding hydrogens is 414 g/mol. The fraction of sp³-hybridized carbons (Fsp3) is 0.130. The van der Waals surface area contributed by atoms with E-state index in [1.807, 2.05) is 13.0 Å². The highest BCUT2D eigenvalue weighted by Gasteiger charge is 2.12. The topological polar surface area (TPSA) is 104 Å². The molecule has 0 saturated heterocycles. The number of carbonyl (C=O) groups is 2. The Kier molecular flexibility index (Phi) is 6.71. The first-order chi connectivity index (χ1) is 14.7. The molecule has 0 aliphatic carbocycles. The summed E-state index contributed by atoms with van der Waals surface area (Å²) in [5.74, 6) is -0.562. The predicted octanol–water partition coefficient (Wildman–Crippen LogP) is 3.55. The lowest BCUT2D eigenvalue weighted by molar-refractivity contribution is 0.0949. The van der Waals surface area contributed by atoms with Crippen LogP contribution in [0.1, 0.15) is 31.8 Å². The third kappa shape index (κ3) is 6.42. The highest BCUT2D eigenvalue weighted by Crippen LogP contribution is 2.18. The number of hydrogen-bond acceptors (Lipinski definition) is 4. The first-order valence-electron chi connectivity index (χ1n) is 9.53. The van der Waals surface area contributed by atoms with Crippen LogP contribution < -0.4 is 15.4 Å². The zero-order chi connectivity index (χ0) is 22.4. The summed E-state index contributed by atoms with van der Waals surface area (Å²) in [5, 5.41) is 5.65. The second-order valence-electron chi connectivity index (χ2n) is 7.11. The number of anilines is 2. The Morgan fingerprint density at radius 1 is 0.839 bits per heavy atom. The van der Waals surface area contributed by atoms with Gasteiger partial charge in [0, 0.05) is 29.0 Å². The molecule has 0 spiro atoms. The van der Waals surface area contributed by atoms with Crippen molar-refractivity contribution >= 4 is 33.2 Å². The number of aryl methyl sites for hydroxylation is 1. The number of benzene rings is 3. The van der Waals surface area contributed by atoms with Gasteiger partial charge in [-0.25, -0.2) is 8.42 Å². The van der Waals surface area contributed by atoms with Crippen LogP contribution in [0.5, 0.6) is 0 Å². The molecule has 0 heterocycles. The SMILES string of the molecule is Cc1ccc(C(=O)NCc2cccc(NS(C)(=O)=O)c2)cc1NC(=O)c1ccccc1. The maximum atomic E-state index is 12.6. The first kappa shape index (κ1) is 22.0. The first-order valence-corrected chi connectivity index (χ1v) is 11.4. The van der Waals surface area contributed by atoms with E-state index in [4.69, 9.17) is 0 Å². The maximum Gasteiger partial charge on any atom is 0.255 e. The molecule has 7 nitrogen and oxygen atoms in total. The number of sulfonamides is 1. The van der Waals surface area contributed by atoms with Crippen LogP contribution in [0.15, 0.2) is 72.8 Å². The average molecular weight is 438 g/mol. The lowest BCUT2D eigenvalue weighted by Crippen LogP contribution is -2.23. The Morgan fingerprint density at radius 3 is 2.29 bits per heavy atom. The van der Waals surface area contributed by atoms with Gasteiger partial charge >= 0.3 is 0 Å². The lowest BCUT2D eigenvalue weighted by atomic mass is 10.1. The van der Waals surface area contributed by atoms with E-state index >= 15 is 0 Å². The Morgan fingerprint density at radius 2 is 1.58 bits per heavy atom. The van der Waals surface area contributed by atoms with Crippen molar-refractivity contribution in [2.45, 2.75) is 13.5 Å². The van der Waals surface area contributed by atoms with Crippen LogP contribution in [0.2, 0.25) is 0 Å². The van der Waals surface area contributed by atoms with Crippen molar-refractivity contribution in [1.82, 2.24) is 5.32 Å². The minimum atomic E-state index is -3.38. The number of nitrogens with one attached hydrogen (secondary N) is 3. The van der Waals surface area contributed by atoms with E-state index in [2.05, 4.69) is 15.4 Å². The molecule has 160 valence electrons. The van der Waals surface area contributed by atoms with Crippen LogP contribution in [0, 0.1) is 6.92 Å². The van der Waals surface area contributed by atoms with Gasteiger partial charge in [-0.05, 0) is 54.4 Å². The van der Waals surface area contributed by atoms with Gasteiger partial charge < -0.3 is 10.6 Å². The highest BCUT2D eigenvalue weighted by molar-refractivity contribution is 7.92. The van der Waals surface area contributed by atoms with Crippen molar-refractivity contribution in [2.24, 2.45) is 0 Å². The van der Waals surface area contributed by atoms with Gasteiger partial charge in [0.15, 0.2) is 0 Å². The molecule has 3 aromatic rings. The van der Waals surface area contributed by atoms with E-state index < -0.39 is 10.0 Å². The molecule has 0 aliphatic rings. The molecule has 0 aliphatic heterocycles.